The van der Waals surface area contributed by atoms with Gasteiger partial charge < -0.3 is 9.15 Å². The van der Waals surface area contributed by atoms with Gasteiger partial charge in [0, 0.05) is 6.92 Å². The molecule has 2 heterocycles. The van der Waals surface area contributed by atoms with E-state index in [0.29, 0.717) is 19.1 Å². The van der Waals surface area contributed by atoms with Gasteiger partial charge >= 0.3 is 0 Å². The molecule has 20 heavy (non-hydrogen) atoms. The third kappa shape index (κ3) is 1.31. The van der Waals surface area contributed by atoms with Gasteiger partial charge in [0.15, 0.2) is 11.5 Å². The molecule has 2 aromatic rings. The van der Waals surface area contributed by atoms with E-state index < -0.39 is 0 Å². The SMILES string of the molecule is Cc1nc2cc(C3(C4(C#N)CCC4)COC3)ccc2o1. The van der Waals surface area contributed by atoms with Gasteiger partial charge in [0.25, 0.3) is 0 Å². The molecule has 0 unspecified atom stereocenters. The Balaban J connectivity index is 1.85. The molecule has 1 aliphatic carbocycles. The lowest BCUT2D eigenvalue weighted by atomic mass is 9.50. The smallest absolute Gasteiger partial charge is 0.192 e. The second-order valence-corrected chi connectivity index (χ2v) is 6.04. The van der Waals surface area contributed by atoms with Crippen LogP contribution in [0.3, 0.4) is 0 Å². The molecule has 0 spiro atoms. The Morgan fingerprint density at radius 2 is 2.10 bits per heavy atom. The molecule has 0 atom stereocenters. The highest BCUT2D eigenvalue weighted by Crippen LogP contribution is 2.58. The Morgan fingerprint density at radius 3 is 2.65 bits per heavy atom. The van der Waals surface area contributed by atoms with E-state index in [1.807, 2.05) is 13.0 Å². The molecule has 4 rings (SSSR count). The zero-order chi connectivity index (χ0) is 13.8. The molecule has 4 heteroatoms. The fraction of sp³-hybridized carbons (Fsp3) is 0.500. The highest BCUT2D eigenvalue weighted by Gasteiger charge is 2.60. The summed E-state index contributed by atoms with van der Waals surface area (Å²) in [4.78, 5) is 4.41. The molecule has 0 bridgehead atoms. The summed E-state index contributed by atoms with van der Waals surface area (Å²) < 4.78 is 11.0. The number of hydrogen-bond donors (Lipinski definition) is 0. The standard InChI is InChI=1S/C16H16N2O2/c1-11-18-13-7-12(3-4-14(13)20-11)16(9-19-10-16)15(8-17)5-2-6-15/h3-4,7H,2,5-6,9-10H2,1H3. The van der Waals surface area contributed by atoms with Crippen LogP contribution in [0.25, 0.3) is 11.1 Å². The Bertz CT molecular complexity index is 718. The van der Waals surface area contributed by atoms with E-state index in [0.717, 1.165) is 30.4 Å². The lowest BCUT2D eigenvalue weighted by molar-refractivity contribution is -0.134. The third-order valence-corrected chi connectivity index (χ3v) is 5.08. The van der Waals surface area contributed by atoms with E-state index in [9.17, 15) is 5.26 Å². The summed E-state index contributed by atoms with van der Waals surface area (Å²) >= 11 is 0. The van der Waals surface area contributed by atoms with Crippen LogP contribution >= 0.6 is 0 Å². The zero-order valence-electron chi connectivity index (χ0n) is 11.5. The molecule has 1 aliphatic heterocycles. The summed E-state index contributed by atoms with van der Waals surface area (Å²) in [5, 5.41) is 9.68. The van der Waals surface area contributed by atoms with Crippen LogP contribution in [0.1, 0.15) is 30.7 Å². The highest BCUT2D eigenvalue weighted by atomic mass is 16.5. The van der Waals surface area contributed by atoms with Crippen molar-refractivity contribution in [2.75, 3.05) is 13.2 Å². The Kier molecular flexibility index (Phi) is 2.28. The van der Waals surface area contributed by atoms with Crippen molar-refractivity contribution in [2.24, 2.45) is 5.41 Å². The topological polar surface area (TPSA) is 59.0 Å². The maximum Gasteiger partial charge on any atom is 0.192 e. The predicted molar refractivity (Wildman–Crippen MR) is 73.1 cm³/mol. The quantitative estimate of drug-likeness (QED) is 0.839. The number of rotatable bonds is 2. The van der Waals surface area contributed by atoms with E-state index in [-0.39, 0.29) is 10.8 Å². The number of nitriles is 1. The van der Waals surface area contributed by atoms with Crippen molar-refractivity contribution in [3.05, 3.63) is 29.7 Å². The normalized spacial score (nSPS) is 22.8. The lowest BCUT2D eigenvalue weighted by Gasteiger charge is -2.56. The van der Waals surface area contributed by atoms with E-state index >= 15 is 0 Å². The van der Waals surface area contributed by atoms with Gasteiger partial charge in [-0.15, -0.1) is 0 Å². The average Bonchev–Trinajstić information content (AvgIpc) is 2.70. The lowest BCUT2D eigenvalue weighted by Crippen LogP contribution is -2.61. The minimum atomic E-state index is -0.252. The van der Waals surface area contributed by atoms with Gasteiger partial charge in [0.2, 0.25) is 0 Å². The first-order chi connectivity index (χ1) is 9.69. The average molecular weight is 268 g/mol. The summed E-state index contributed by atoms with van der Waals surface area (Å²) in [6.45, 7) is 3.14. The van der Waals surface area contributed by atoms with Crippen LogP contribution in [0, 0.1) is 23.7 Å². The van der Waals surface area contributed by atoms with Crippen molar-refractivity contribution >= 4 is 11.1 Å². The molecule has 1 saturated heterocycles. The third-order valence-electron chi connectivity index (χ3n) is 5.08. The van der Waals surface area contributed by atoms with E-state index in [2.05, 4.69) is 23.2 Å². The first kappa shape index (κ1) is 11.9. The molecule has 1 saturated carbocycles. The Morgan fingerprint density at radius 1 is 1.30 bits per heavy atom. The van der Waals surface area contributed by atoms with Gasteiger partial charge in [0.1, 0.15) is 5.52 Å². The first-order valence-electron chi connectivity index (χ1n) is 7.06. The molecular formula is C16H16N2O2. The second-order valence-electron chi connectivity index (χ2n) is 6.04. The zero-order valence-corrected chi connectivity index (χ0v) is 11.5. The van der Waals surface area contributed by atoms with Crippen molar-refractivity contribution in [3.8, 4) is 6.07 Å². The molecule has 0 radical (unpaired) electrons. The van der Waals surface area contributed by atoms with Gasteiger partial charge in [-0.05, 0) is 30.5 Å². The number of nitrogens with zero attached hydrogens (tertiary/aromatic N) is 2. The number of aryl methyl sites for hydroxylation is 1. The summed E-state index contributed by atoms with van der Waals surface area (Å²) in [6, 6.07) is 8.70. The highest BCUT2D eigenvalue weighted by molar-refractivity contribution is 5.74. The van der Waals surface area contributed by atoms with Crippen molar-refractivity contribution < 1.29 is 9.15 Å². The summed E-state index contributed by atoms with van der Waals surface area (Å²) in [7, 11) is 0. The van der Waals surface area contributed by atoms with E-state index in [1.165, 1.54) is 5.56 Å². The maximum absolute atomic E-state index is 9.68. The van der Waals surface area contributed by atoms with Crippen LogP contribution < -0.4 is 0 Å². The monoisotopic (exact) mass is 268 g/mol. The van der Waals surface area contributed by atoms with Crippen LogP contribution in [-0.2, 0) is 10.2 Å². The van der Waals surface area contributed by atoms with Gasteiger partial charge in [-0.25, -0.2) is 4.98 Å². The molecule has 2 aliphatic rings. The summed E-state index contributed by atoms with van der Waals surface area (Å²) in [5.41, 5.74) is 2.45. The fourth-order valence-corrected chi connectivity index (χ4v) is 3.59. The van der Waals surface area contributed by atoms with Gasteiger partial charge in [0.05, 0.1) is 30.1 Å². The summed E-state index contributed by atoms with van der Waals surface area (Å²) in [5.74, 6) is 0.676. The van der Waals surface area contributed by atoms with Crippen molar-refractivity contribution in [1.29, 1.82) is 5.26 Å². The fourth-order valence-electron chi connectivity index (χ4n) is 3.59. The molecule has 4 nitrogen and oxygen atoms in total. The van der Waals surface area contributed by atoms with E-state index in [1.54, 1.807) is 0 Å². The number of hydrogen-bond acceptors (Lipinski definition) is 4. The van der Waals surface area contributed by atoms with Crippen LogP contribution in [0.4, 0.5) is 0 Å². The minimum absolute atomic E-state index is 0.152. The maximum atomic E-state index is 9.68. The Hall–Kier alpha value is -1.86. The van der Waals surface area contributed by atoms with Crippen LogP contribution in [0.2, 0.25) is 0 Å². The Labute approximate surface area is 117 Å². The molecular weight excluding hydrogens is 252 g/mol. The van der Waals surface area contributed by atoms with Crippen LogP contribution in [0.15, 0.2) is 22.6 Å². The molecule has 0 amide bonds. The number of benzene rings is 1. The minimum Gasteiger partial charge on any atom is -0.441 e. The first-order valence-corrected chi connectivity index (χ1v) is 7.06. The summed E-state index contributed by atoms with van der Waals surface area (Å²) in [6.07, 6.45) is 3.09. The molecule has 2 fully saturated rings. The van der Waals surface area contributed by atoms with Crippen molar-refractivity contribution in [1.82, 2.24) is 4.98 Å². The largest absolute Gasteiger partial charge is 0.441 e. The molecule has 1 aromatic heterocycles. The van der Waals surface area contributed by atoms with Gasteiger partial charge in [-0.1, -0.05) is 12.5 Å². The van der Waals surface area contributed by atoms with Gasteiger partial charge in [-0.3, -0.25) is 0 Å². The predicted octanol–water partition coefficient (Wildman–Crippen LogP) is 3.10. The molecule has 102 valence electrons. The van der Waals surface area contributed by atoms with Crippen molar-refractivity contribution in [3.63, 3.8) is 0 Å². The molecule has 0 N–H and O–H groups in total. The van der Waals surface area contributed by atoms with Crippen LogP contribution in [-0.4, -0.2) is 18.2 Å². The number of oxazole rings is 1. The van der Waals surface area contributed by atoms with Crippen LogP contribution in [0.5, 0.6) is 0 Å². The second kappa shape index (κ2) is 3.83. The number of fused-ring (bicyclic) bond motifs is 1. The molecule has 1 aromatic carbocycles. The van der Waals surface area contributed by atoms with Gasteiger partial charge in [-0.2, -0.15) is 5.26 Å². The van der Waals surface area contributed by atoms with E-state index in [4.69, 9.17) is 9.15 Å². The number of ether oxygens (including phenoxy) is 1. The van der Waals surface area contributed by atoms with Crippen molar-refractivity contribution in [2.45, 2.75) is 31.6 Å². The number of aromatic nitrogens is 1.